The molecule has 4 nitrogen and oxygen atoms in total. The first-order valence-electron chi connectivity index (χ1n) is 11.7. The summed E-state index contributed by atoms with van der Waals surface area (Å²) in [7, 11) is 0. The molecule has 4 heteroatoms. The van der Waals surface area contributed by atoms with Gasteiger partial charge in [0, 0.05) is 30.2 Å². The Kier molecular flexibility index (Phi) is 6.40. The molecule has 4 aromatic rings. The predicted molar refractivity (Wildman–Crippen MR) is 133 cm³/mol. The first-order chi connectivity index (χ1) is 15.8. The number of fused-ring (bicyclic) bond motifs is 1. The summed E-state index contributed by atoms with van der Waals surface area (Å²) in [6.07, 6.45) is 5.64. The van der Waals surface area contributed by atoms with Crippen LogP contribution < -0.4 is 5.32 Å². The number of nitrogens with zero attached hydrogens (tertiary/aromatic N) is 3. The smallest absolute Gasteiger partial charge is 0.126 e. The Morgan fingerprint density at radius 3 is 2.38 bits per heavy atom. The van der Waals surface area contributed by atoms with Crippen LogP contribution in [0.5, 0.6) is 0 Å². The Labute approximate surface area is 190 Å². The first kappa shape index (κ1) is 20.7. The lowest BCUT2D eigenvalue weighted by Crippen LogP contribution is -2.37. The molecule has 2 aromatic carbocycles. The summed E-state index contributed by atoms with van der Waals surface area (Å²) in [5, 5.41) is 4.61. The molecule has 2 aromatic heterocycles. The normalized spacial score (nSPS) is 15.1. The van der Waals surface area contributed by atoms with E-state index in [1.165, 1.54) is 37.9 Å². The third kappa shape index (κ3) is 4.97. The van der Waals surface area contributed by atoms with Gasteiger partial charge in [-0.15, -0.1) is 0 Å². The highest BCUT2D eigenvalue weighted by molar-refractivity contribution is 5.92. The van der Waals surface area contributed by atoms with E-state index >= 15 is 0 Å². The van der Waals surface area contributed by atoms with Crippen molar-refractivity contribution >= 4 is 16.7 Å². The van der Waals surface area contributed by atoms with Crippen LogP contribution in [-0.4, -0.2) is 41.0 Å². The molecule has 0 amide bonds. The Bertz CT molecular complexity index is 1140. The zero-order chi connectivity index (χ0) is 21.6. The Hall–Kier alpha value is -3.24. The topological polar surface area (TPSA) is 41.0 Å². The van der Waals surface area contributed by atoms with Gasteiger partial charge in [0.15, 0.2) is 0 Å². The number of aromatic nitrogens is 2. The predicted octanol–water partition coefficient (Wildman–Crippen LogP) is 5.66. The summed E-state index contributed by atoms with van der Waals surface area (Å²) < 4.78 is 0. The average Bonchev–Trinajstić information content (AvgIpc) is 2.86. The molecule has 1 saturated heterocycles. The van der Waals surface area contributed by atoms with Crippen molar-refractivity contribution in [2.24, 2.45) is 5.92 Å². The number of rotatable bonds is 7. The maximum absolute atomic E-state index is 4.83. The van der Waals surface area contributed by atoms with Crippen LogP contribution >= 0.6 is 0 Å². The molecule has 3 heterocycles. The third-order valence-electron chi connectivity index (χ3n) is 6.47. The molecule has 0 bridgehead atoms. The molecule has 0 radical (unpaired) electrons. The van der Waals surface area contributed by atoms with Gasteiger partial charge in [0.2, 0.25) is 0 Å². The van der Waals surface area contributed by atoms with Gasteiger partial charge in [0.05, 0.1) is 11.2 Å². The molecular weight excluding hydrogens is 392 g/mol. The Morgan fingerprint density at radius 2 is 1.59 bits per heavy atom. The number of hydrogen-bond acceptors (Lipinski definition) is 4. The molecule has 1 N–H and O–H groups in total. The van der Waals surface area contributed by atoms with Gasteiger partial charge in [-0.2, -0.15) is 0 Å². The fraction of sp³-hybridized carbons (Fsp3) is 0.286. The van der Waals surface area contributed by atoms with E-state index in [0.29, 0.717) is 0 Å². The van der Waals surface area contributed by atoms with Crippen LogP contribution in [-0.2, 0) is 6.42 Å². The van der Waals surface area contributed by atoms with Crippen LogP contribution in [0, 0.1) is 5.92 Å². The van der Waals surface area contributed by atoms with Gasteiger partial charge in [0.25, 0.3) is 0 Å². The van der Waals surface area contributed by atoms with Crippen molar-refractivity contribution in [3.63, 3.8) is 0 Å². The van der Waals surface area contributed by atoms with Gasteiger partial charge >= 0.3 is 0 Å². The highest BCUT2D eigenvalue weighted by Crippen LogP contribution is 2.26. The lowest BCUT2D eigenvalue weighted by atomic mass is 9.90. The molecule has 1 fully saturated rings. The van der Waals surface area contributed by atoms with Crippen molar-refractivity contribution in [3.05, 3.63) is 90.6 Å². The quantitative estimate of drug-likeness (QED) is 0.417. The molecule has 1 aliphatic heterocycles. The number of hydrogen-bond donors (Lipinski definition) is 1. The number of nitrogens with one attached hydrogen (secondary N) is 1. The average molecular weight is 423 g/mol. The second-order valence-electron chi connectivity index (χ2n) is 8.69. The molecule has 5 rings (SSSR count). The summed E-state index contributed by atoms with van der Waals surface area (Å²) in [5.74, 6) is 1.75. The molecule has 0 saturated carbocycles. The van der Waals surface area contributed by atoms with Crippen molar-refractivity contribution in [1.29, 1.82) is 0 Å². The first-order valence-corrected chi connectivity index (χ1v) is 11.7. The van der Waals surface area contributed by atoms with Gasteiger partial charge in [-0.25, -0.2) is 4.98 Å². The summed E-state index contributed by atoms with van der Waals surface area (Å²) in [5.41, 5.74) is 4.56. The van der Waals surface area contributed by atoms with Gasteiger partial charge in [-0.1, -0.05) is 60.7 Å². The summed E-state index contributed by atoms with van der Waals surface area (Å²) in [4.78, 5) is 12.0. The van der Waals surface area contributed by atoms with Crippen LogP contribution in [0.25, 0.3) is 22.2 Å². The van der Waals surface area contributed by atoms with Crippen molar-refractivity contribution in [1.82, 2.24) is 14.9 Å². The van der Waals surface area contributed by atoms with Crippen LogP contribution in [0.4, 0.5) is 5.82 Å². The Balaban J connectivity index is 1.14. The van der Waals surface area contributed by atoms with Crippen molar-refractivity contribution < 1.29 is 0 Å². The monoisotopic (exact) mass is 422 g/mol. The van der Waals surface area contributed by atoms with E-state index in [2.05, 4.69) is 69.8 Å². The molecule has 0 aliphatic carbocycles. The Morgan fingerprint density at radius 1 is 0.844 bits per heavy atom. The maximum Gasteiger partial charge on any atom is 0.126 e. The molecule has 162 valence electrons. The molecule has 32 heavy (non-hydrogen) atoms. The van der Waals surface area contributed by atoms with Gasteiger partial charge in [-0.05, 0) is 62.0 Å². The molecule has 0 unspecified atom stereocenters. The SMILES string of the molecule is c1ccc(CC2CCN(CCNc3ccc4c(-c5ccccc5)nccc4n3)CC2)cc1. The highest BCUT2D eigenvalue weighted by Gasteiger charge is 2.19. The lowest BCUT2D eigenvalue weighted by molar-refractivity contribution is 0.190. The number of piperidine rings is 1. The van der Waals surface area contributed by atoms with E-state index in [-0.39, 0.29) is 0 Å². The van der Waals surface area contributed by atoms with E-state index in [1.54, 1.807) is 0 Å². The zero-order valence-electron chi connectivity index (χ0n) is 18.5. The standard InChI is InChI=1S/C28H30N4/c1-3-7-22(8-4-1)21-23-14-18-32(19-15-23)20-17-29-27-12-11-25-26(31-27)13-16-30-28(25)24-9-5-2-6-10-24/h1-13,16,23H,14-15,17-21H2,(H,29,31). The van der Waals surface area contributed by atoms with Gasteiger partial charge in [-0.3, -0.25) is 4.98 Å². The summed E-state index contributed by atoms with van der Waals surface area (Å²) >= 11 is 0. The molecule has 0 atom stereocenters. The van der Waals surface area contributed by atoms with E-state index < -0.39 is 0 Å². The minimum Gasteiger partial charge on any atom is -0.369 e. The second-order valence-corrected chi connectivity index (χ2v) is 8.69. The molecular formula is C28H30N4. The maximum atomic E-state index is 4.83. The molecule has 0 spiro atoms. The van der Waals surface area contributed by atoms with E-state index in [0.717, 1.165) is 47.0 Å². The van der Waals surface area contributed by atoms with E-state index in [4.69, 9.17) is 4.98 Å². The van der Waals surface area contributed by atoms with E-state index in [9.17, 15) is 0 Å². The number of anilines is 1. The summed E-state index contributed by atoms with van der Waals surface area (Å²) in [6.45, 7) is 4.36. The fourth-order valence-corrected chi connectivity index (χ4v) is 4.68. The van der Waals surface area contributed by atoms with Crippen molar-refractivity contribution in [2.75, 3.05) is 31.5 Å². The second kappa shape index (κ2) is 9.92. The fourth-order valence-electron chi connectivity index (χ4n) is 4.68. The van der Waals surface area contributed by atoms with Crippen LogP contribution in [0.3, 0.4) is 0 Å². The van der Waals surface area contributed by atoms with Gasteiger partial charge in [0.1, 0.15) is 5.82 Å². The van der Waals surface area contributed by atoms with Crippen LogP contribution in [0.2, 0.25) is 0 Å². The minimum atomic E-state index is 0.816. The van der Waals surface area contributed by atoms with E-state index in [1.807, 2.05) is 30.5 Å². The van der Waals surface area contributed by atoms with Crippen molar-refractivity contribution in [2.45, 2.75) is 19.3 Å². The number of likely N-dealkylation sites (tertiary alicyclic amines) is 1. The highest BCUT2D eigenvalue weighted by atomic mass is 15.1. The van der Waals surface area contributed by atoms with Crippen molar-refractivity contribution in [3.8, 4) is 11.3 Å². The third-order valence-corrected chi connectivity index (χ3v) is 6.47. The van der Waals surface area contributed by atoms with Gasteiger partial charge < -0.3 is 10.2 Å². The zero-order valence-corrected chi connectivity index (χ0v) is 18.5. The van der Waals surface area contributed by atoms with Crippen LogP contribution in [0.1, 0.15) is 18.4 Å². The van der Waals surface area contributed by atoms with Crippen LogP contribution in [0.15, 0.2) is 85.1 Å². The largest absolute Gasteiger partial charge is 0.369 e. The minimum absolute atomic E-state index is 0.816. The number of benzene rings is 2. The number of pyridine rings is 2. The lowest BCUT2D eigenvalue weighted by Gasteiger charge is -2.32. The molecule has 1 aliphatic rings. The summed E-state index contributed by atoms with van der Waals surface area (Å²) in [6, 6.07) is 27.4.